The SMILES string of the molecule is COC=C(C(=O)O)c1ccccc1COc1cccc(OCCN2CCOCC2)c1. The second-order valence-corrected chi connectivity index (χ2v) is 6.80. The van der Waals surface area contributed by atoms with Crippen LogP contribution in [0.3, 0.4) is 0 Å². The molecule has 1 aliphatic heterocycles. The van der Waals surface area contributed by atoms with Gasteiger partial charge < -0.3 is 24.1 Å². The molecule has 1 heterocycles. The van der Waals surface area contributed by atoms with Crippen molar-refractivity contribution in [1.29, 1.82) is 0 Å². The number of hydrogen-bond donors (Lipinski definition) is 1. The van der Waals surface area contributed by atoms with E-state index in [0.29, 0.717) is 17.9 Å². The number of aliphatic carboxylic acids is 1. The highest BCUT2D eigenvalue weighted by molar-refractivity contribution is 6.15. The second-order valence-electron chi connectivity index (χ2n) is 6.80. The molecule has 160 valence electrons. The summed E-state index contributed by atoms with van der Waals surface area (Å²) in [6, 6.07) is 14.7. The fraction of sp³-hybridized carbons (Fsp3) is 0.348. The third-order valence-corrected chi connectivity index (χ3v) is 4.75. The van der Waals surface area contributed by atoms with E-state index in [4.69, 9.17) is 18.9 Å². The molecule has 0 unspecified atom stereocenters. The third-order valence-electron chi connectivity index (χ3n) is 4.75. The lowest BCUT2D eigenvalue weighted by atomic mass is 10.0. The van der Waals surface area contributed by atoms with E-state index in [2.05, 4.69) is 4.90 Å². The Balaban J connectivity index is 1.59. The highest BCUT2D eigenvalue weighted by atomic mass is 16.5. The number of nitrogens with zero attached hydrogens (tertiary/aromatic N) is 1. The molecule has 0 saturated carbocycles. The predicted octanol–water partition coefficient (Wildman–Crippen LogP) is 3.05. The van der Waals surface area contributed by atoms with E-state index in [0.717, 1.165) is 44.2 Å². The lowest BCUT2D eigenvalue weighted by Gasteiger charge is -2.26. The molecule has 7 nitrogen and oxygen atoms in total. The molecular weight excluding hydrogens is 386 g/mol. The third kappa shape index (κ3) is 6.23. The van der Waals surface area contributed by atoms with Crippen molar-refractivity contribution in [3.05, 3.63) is 65.9 Å². The first-order chi connectivity index (χ1) is 14.7. The van der Waals surface area contributed by atoms with E-state index in [1.54, 1.807) is 12.1 Å². The van der Waals surface area contributed by atoms with E-state index < -0.39 is 5.97 Å². The quantitative estimate of drug-likeness (QED) is 0.474. The van der Waals surface area contributed by atoms with E-state index in [9.17, 15) is 9.90 Å². The minimum Gasteiger partial charge on any atom is -0.503 e. The van der Waals surface area contributed by atoms with E-state index in [1.165, 1.54) is 13.4 Å². The van der Waals surface area contributed by atoms with Crippen LogP contribution in [0.15, 0.2) is 54.8 Å². The highest BCUT2D eigenvalue weighted by Gasteiger charge is 2.15. The topological polar surface area (TPSA) is 77.5 Å². The van der Waals surface area contributed by atoms with Crippen molar-refractivity contribution in [1.82, 2.24) is 4.90 Å². The largest absolute Gasteiger partial charge is 0.503 e. The lowest BCUT2D eigenvalue weighted by molar-refractivity contribution is -0.130. The van der Waals surface area contributed by atoms with Gasteiger partial charge in [-0.15, -0.1) is 0 Å². The molecule has 1 saturated heterocycles. The first kappa shape index (κ1) is 21.7. The maximum absolute atomic E-state index is 11.6. The van der Waals surface area contributed by atoms with Crippen molar-refractivity contribution < 1.29 is 28.8 Å². The van der Waals surface area contributed by atoms with Crippen molar-refractivity contribution in [3.8, 4) is 11.5 Å². The smallest absolute Gasteiger partial charge is 0.339 e. The Labute approximate surface area is 176 Å². The molecule has 0 atom stereocenters. The standard InChI is InChI=1S/C23H27NO6/c1-27-17-22(23(25)26)21-8-3-2-5-18(21)16-30-20-7-4-6-19(15-20)29-14-11-24-9-12-28-13-10-24/h2-8,15,17H,9-14,16H2,1H3,(H,25,26). The van der Waals surface area contributed by atoms with Crippen LogP contribution < -0.4 is 9.47 Å². The average molecular weight is 413 g/mol. The molecule has 0 aromatic heterocycles. The van der Waals surface area contributed by atoms with Gasteiger partial charge in [-0.1, -0.05) is 30.3 Å². The van der Waals surface area contributed by atoms with Crippen LogP contribution in [0.4, 0.5) is 0 Å². The first-order valence-electron chi connectivity index (χ1n) is 9.87. The number of ether oxygens (including phenoxy) is 4. The van der Waals surface area contributed by atoms with Gasteiger partial charge in [-0.25, -0.2) is 4.79 Å². The molecular formula is C23H27NO6. The number of carboxylic acid groups (broad SMARTS) is 1. The zero-order valence-electron chi connectivity index (χ0n) is 17.1. The van der Waals surface area contributed by atoms with Crippen molar-refractivity contribution >= 4 is 11.5 Å². The Morgan fingerprint density at radius 3 is 2.57 bits per heavy atom. The molecule has 30 heavy (non-hydrogen) atoms. The van der Waals surface area contributed by atoms with Gasteiger partial charge in [0.05, 0.1) is 26.6 Å². The Hall–Kier alpha value is -3.03. The van der Waals surface area contributed by atoms with Crippen LogP contribution in [0.5, 0.6) is 11.5 Å². The number of benzene rings is 2. The van der Waals surface area contributed by atoms with Crippen LogP contribution in [-0.2, 0) is 20.9 Å². The fourth-order valence-electron chi connectivity index (χ4n) is 3.19. The Kier molecular flexibility index (Phi) is 8.11. The zero-order chi connectivity index (χ0) is 21.2. The van der Waals surface area contributed by atoms with Gasteiger partial charge >= 0.3 is 5.97 Å². The van der Waals surface area contributed by atoms with Crippen molar-refractivity contribution in [3.63, 3.8) is 0 Å². The molecule has 3 rings (SSSR count). The molecule has 1 N–H and O–H groups in total. The summed E-state index contributed by atoms with van der Waals surface area (Å²) >= 11 is 0. The normalized spacial score (nSPS) is 14.9. The van der Waals surface area contributed by atoms with Gasteiger partial charge in [-0.05, 0) is 23.3 Å². The van der Waals surface area contributed by atoms with Gasteiger partial charge in [0.25, 0.3) is 0 Å². The predicted molar refractivity (Wildman–Crippen MR) is 113 cm³/mol. The summed E-state index contributed by atoms with van der Waals surface area (Å²) in [6.45, 7) is 5.08. The van der Waals surface area contributed by atoms with Gasteiger partial charge in [0.15, 0.2) is 0 Å². The Morgan fingerprint density at radius 2 is 1.83 bits per heavy atom. The lowest BCUT2D eigenvalue weighted by Crippen LogP contribution is -2.38. The minimum atomic E-state index is -1.06. The highest BCUT2D eigenvalue weighted by Crippen LogP contribution is 2.24. The summed E-state index contributed by atoms with van der Waals surface area (Å²) in [6.07, 6.45) is 1.23. The van der Waals surface area contributed by atoms with Crippen molar-refractivity contribution in [2.45, 2.75) is 6.61 Å². The molecule has 1 aliphatic rings. The van der Waals surface area contributed by atoms with Crippen molar-refractivity contribution in [2.24, 2.45) is 0 Å². The molecule has 7 heteroatoms. The van der Waals surface area contributed by atoms with Gasteiger partial charge in [0, 0.05) is 25.7 Å². The number of carbonyl (C=O) groups is 1. The summed E-state index contributed by atoms with van der Waals surface area (Å²) < 4.78 is 22.0. The fourth-order valence-corrected chi connectivity index (χ4v) is 3.19. The maximum Gasteiger partial charge on any atom is 0.339 e. The van der Waals surface area contributed by atoms with Gasteiger partial charge in [0.2, 0.25) is 0 Å². The number of hydrogen-bond acceptors (Lipinski definition) is 6. The molecule has 1 fully saturated rings. The number of carboxylic acids is 1. The molecule has 2 aromatic carbocycles. The van der Waals surface area contributed by atoms with Crippen LogP contribution in [0.2, 0.25) is 0 Å². The van der Waals surface area contributed by atoms with Gasteiger partial charge in [-0.3, -0.25) is 4.90 Å². The Bertz CT molecular complexity index is 860. The summed E-state index contributed by atoms with van der Waals surface area (Å²) in [5.41, 5.74) is 1.39. The number of methoxy groups -OCH3 is 1. The van der Waals surface area contributed by atoms with Crippen LogP contribution in [0, 0.1) is 0 Å². The summed E-state index contributed by atoms with van der Waals surface area (Å²) in [5, 5.41) is 9.46. The van der Waals surface area contributed by atoms with Crippen LogP contribution in [0.25, 0.3) is 5.57 Å². The molecule has 0 radical (unpaired) electrons. The molecule has 0 spiro atoms. The van der Waals surface area contributed by atoms with E-state index >= 15 is 0 Å². The zero-order valence-corrected chi connectivity index (χ0v) is 17.1. The average Bonchev–Trinajstić information content (AvgIpc) is 2.77. The second kappa shape index (κ2) is 11.2. The van der Waals surface area contributed by atoms with E-state index in [1.807, 2.05) is 36.4 Å². The summed E-state index contributed by atoms with van der Waals surface area (Å²) in [7, 11) is 1.42. The maximum atomic E-state index is 11.6. The number of rotatable bonds is 10. The van der Waals surface area contributed by atoms with Crippen LogP contribution in [-0.4, -0.2) is 62.5 Å². The van der Waals surface area contributed by atoms with E-state index in [-0.39, 0.29) is 12.2 Å². The summed E-state index contributed by atoms with van der Waals surface area (Å²) in [4.78, 5) is 13.9. The van der Waals surface area contributed by atoms with Gasteiger partial charge in [0.1, 0.15) is 30.3 Å². The molecule has 0 aliphatic carbocycles. The molecule has 0 bridgehead atoms. The Morgan fingerprint density at radius 1 is 1.10 bits per heavy atom. The van der Waals surface area contributed by atoms with Crippen LogP contribution >= 0.6 is 0 Å². The molecule has 0 amide bonds. The van der Waals surface area contributed by atoms with Gasteiger partial charge in [-0.2, -0.15) is 0 Å². The molecule has 2 aromatic rings. The first-order valence-corrected chi connectivity index (χ1v) is 9.87. The summed E-state index contributed by atoms with van der Waals surface area (Å²) in [5.74, 6) is 0.334. The van der Waals surface area contributed by atoms with Crippen molar-refractivity contribution in [2.75, 3.05) is 46.6 Å². The number of morpholine rings is 1. The monoisotopic (exact) mass is 413 g/mol. The van der Waals surface area contributed by atoms with Crippen LogP contribution in [0.1, 0.15) is 11.1 Å². The minimum absolute atomic E-state index is 0.0805.